The minimum Gasteiger partial charge on any atom is -0.494 e. The number of sulfonamides is 1. The molecule has 0 fully saturated rings. The number of halogens is 1. The first-order valence-corrected chi connectivity index (χ1v) is 16.7. The molecule has 0 aliphatic rings. The zero-order chi connectivity index (χ0) is 32.2. The van der Waals surface area contributed by atoms with E-state index < -0.39 is 22.5 Å². The van der Waals surface area contributed by atoms with Gasteiger partial charge >= 0.3 is 0 Å². The molecule has 0 spiro atoms. The van der Waals surface area contributed by atoms with Crippen molar-refractivity contribution in [2.75, 3.05) is 35.6 Å². The van der Waals surface area contributed by atoms with Gasteiger partial charge in [-0.25, -0.2) is 13.8 Å². The van der Waals surface area contributed by atoms with E-state index in [2.05, 4.69) is 15.8 Å². The van der Waals surface area contributed by atoms with E-state index in [9.17, 15) is 18.0 Å². The lowest BCUT2D eigenvalue weighted by molar-refractivity contribution is -0.119. The molecule has 0 saturated carbocycles. The zero-order valence-electron chi connectivity index (χ0n) is 24.5. The van der Waals surface area contributed by atoms with E-state index in [0.717, 1.165) is 9.20 Å². The van der Waals surface area contributed by atoms with E-state index in [-0.39, 0.29) is 17.4 Å². The highest BCUT2D eigenvalue weighted by atomic mass is 35.5. The fraction of sp³-hybridized carbons (Fsp3) is 0.156. The van der Waals surface area contributed by atoms with E-state index in [1.165, 1.54) is 30.1 Å². The first-order chi connectivity index (χ1) is 21.7. The van der Waals surface area contributed by atoms with Crippen LogP contribution in [0.15, 0.2) is 112 Å². The maximum atomic E-state index is 13.6. The molecule has 0 aromatic heterocycles. The summed E-state index contributed by atoms with van der Waals surface area (Å²) in [6.07, 6.45) is 3.30. The average molecular weight is 667 g/mol. The van der Waals surface area contributed by atoms with Crippen LogP contribution >= 0.6 is 23.4 Å². The quantitative estimate of drug-likeness (QED) is 0.0986. The van der Waals surface area contributed by atoms with Crippen molar-refractivity contribution in [1.29, 1.82) is 0 Å². The number of hydrogen-bond donors (Lipinski definition) is 2. The Bertz CT molecular complexity index is 1730. The van der Waals surface area contributed by atoms with Crippen LogP contribution in [0.2, 0.25) is 5.02 Å². The molecule has 0 atom stereocenters. The summed E-state index contributed by atoms with van der Waals surface area (Å²) >= 11 is 7.43. The molecule has 234 valence electrons. The topological polar surface area (TPSA) is 126 Å². The van der Waals surface area contributed by atoms with Gasteiger partial charge < -0.3 is 14.8 Å². The average Bonchev–Trinajstić information content (AvgIpc) is 3.04. The summed E-state index contributed by atoms with van der Waals surface area (Å²) < 4.78 is 39.3. The molecule has 0 heterocycles. The second-order valence-corrected chi connectivity index (χ2v) is 12.5. The number of benzene rings is 4. The summed E-state index contributed by atoms with van der Waals surface area (Å²) in [6, 6.07) is 26.4. The molecule has 13 heteroatoms. The number of ether oxygens (including phenoxy) is 2. The van der Waals surface area contributed by atoms with Crippen LogP contribution in [0.4, 0.5) is 11.4 Å². The fourth-order valence-corrected chi connectivity index (χ4v) is 5.99. The van der Waals surface area contributed by atoms with Crippen molar-refractivity contribution in [2.24, 2.45) is 5.10 Å². The van der Waals surface area contributed by atoms with Gasteiger partial charge in [0.1, 0.15) is 18.0 Å². The van der Waals surface area contributed by atoms with Gasteiger partial charge in [0.2, 0.25) is 0 Å². The lowest BCUT2D eigenvalue weighted by atomic mass is 10.2. The first-order valence-electron chi connectivity index (χ1n) is 13.7. The minimum absolute atomic E-state index is 0.0507. The van der Waals surface area contributed by atoms with Crippen LogP contribution in [0.3, 0.4) is 0 Å². The molecule has 2 amide bonds. The molecule has 4 rings (SSSR count). The van der Waals surface area contributed by atoms with Crippen molar-refractivity contribution in [3.63, 3.8) is 0 Å². The van der Waals surface area contributed by atoms with E-state index in [1.54, 1.807) is 84.9 Å². The fourth-order valence-electron chi connectivity index (χ4n) is 3.97. The lowest BCUT2D eigenvalue weighted by Crippen LogP contribution is -2.39. The van der Waals surface area contributed by atoms with Crippen LogP contribution in [0, 0.1) is 0 Å². The standard InChI is InChI=1S/C32H31ClN4O6S2/c1-3-42-27-13-9-26(10-14-27)37(45(40,41)30-17-15-29(44-2)16-18-30)21-31(38)36-34-20-23-7-11-28(12-8-23)43-22-32(39)35-25-6-4-5-24(33)19-25/h4-20H,3,21-22H2,1-2H3,(H,35,39)(H,36,38)/b34-20+. The predicted molar refractivity (Wildman–Crippen MR) is 178 cm³/mol. The van der Waals surface area contributed by atoms with Crippen LogP contribution in [-0.4, -0.2) is 52.5 Å². The highest BCUT2D eigenvalue weighted by molar-refractivity contribution is 7.98. The van der Waals surface area contributed by atoms with Gasteiger partial charge in [0.05, 0.1) is 23.4 Å². The van der Waals surface area contributed by atoms with Gasteiger partial charge in [0.15, 0.2) is 6.61 Å². The number of thioether (sulfide) groups is 1. The molecular weight excluding hydrogens is 636 g/mol. The number of amides is 2. The van der Waals surface area contributed by atoms with Crippen LogP contribution < -0.4 is 24.5 Å². The van der Waals surface area contributed by atoms with Crippen molar-refractivity contribution >= 4 is 62.8 Å². The molecule has 0 radical (unpaired) electrons. The Morgan fingerprint density at radius 2 is 1.58 bits per heavy atom. The number of hydrazone groups is 1. The van der Waals surface area contributed by atoms with Gasteiger partial charge in [0, 0.05) is 15.6 Å². The monoisotopic (exact) mass is 666 g/mol. The van der Waals surface area contributed by atoms with Crippen molar-refractivity contribution in [3.8, 4) is 11.5 Å². The Morgan fingerprint density at radius 1 is 0.911 bits per heavy atom. The second-order valence-electron chi connectivity index (χ2n) is 9.32. The normalized spacial score (nSPS) is 11.2. The van der Waals surface area contributed by atoms with Crippen molar-refractivity contribution in [1.82, 2.24) is 5.43 Å². The molecule has 0 unspecified atom stereocenters. The Labute approximate surface area is 271 Å². The van der Waals surface area contributed by atoms with Crippen LogP contribution in [-0.2, 0) is 19.6 Å². The predicted octanol–water partition coefficient (Wildman–Crippen LogP) is 5.82. The molecule has 0 aliphatic heterocycles. The molecule has 4 aromatic rings. The van der Waals surface area contributed by atoms with Gasteiger partial charge in [-0.2, -0.15) is 5.10 Å². The van der Waals surface area contributed by atoms with Gasteiger partial charge in [-0.3, -0.25) is 13.9 Å². The number of hydrogen-bond acceptors (Lipinski definition) is 8. The van der Waals surface area contributed by atoms with E-state index in [4.69, 9.17) is 21.1 Å². The molecule has 4 aromatic carbocycles. The molecule has 10 nitrogen and oxygen atoms in total. The second kappa shape index (κ2) is 16.0. The third-order valence-electron chi connectivity index (χ3n) is 6.13. The third-order valence-corrected chi connectivity index (χ3v) is 8.90. The summed E-state index contributed by atoms with van der Waals surface area (Å²) in [7, 11) is -4.09. The SMILES string of the molecule is CCOc1ccc(N(CC(=O)N/N=C/c2ccc(OCC(=O)Nc3cccc(Cl)c3)cc2)S(=O)(=O)c2ccc(SC)cc2)cc1. The van der Waals surface area contributed by atoms with Gasteiger partial charge in [0.25, 0.3) is 21.8 Å². The molecule has 45 heavy (non-hydrogen) atoms. The highest BCUT2D eigenvalue weighted by Crippen LogP contribution is 2.27. The Hall–Kier alpha value is -4.52. The molecule has 0 aliphatic carbocycles. The highest BCUT2D eigenvalue weighted by Gasteiger charge is 2.27. The number of carbonyl (C=O) groups is 2. The summed E-state index contributed by atoms with van der Waals surface area (Å²) in [5, 5.41) is 7.19. The number of rotatable bonds is 14. The summed E-state index contributed by atoms with van der Waals surface area (Å²) in [5.41, 5.74) is 3.88. The number of anilines is 2. The minimum atomic E-state index is -4.09. The van der Waals surface area contributed by atoms with Crippen LogP contribution in [0.1, 0.15) is 12.5 Å². The van der Waals surface area contributed by atoms with Gasteiger partial charge in [-0.15, -0.1) is 11.8 Å². The van der Waals surface area contributed by atoms with Crippen molar-refractivity contribution in [3.05, 3.63) is 108 Å². The van der Waals surface area contributed by atoms with Crippen LogP contribution in [0.25, 0.3) is 0 Å². The van der Waals surface area contributed by atoms with Crippen LogP contribution in [0.5, 0.6) is 11.5 Å². The van der Waals surface area contributed by atoms with Crippen molar-refractivity contribution < 1.29 is 27.5 Å². The maximum absolute atomic E-state index is 13.6. The Morgan fingerprint density at radius 3 is 2.22 bits per heavy atom. The largest absolute Gasteiger partial charge is 0.494 e. The first kappa shape index (κ1) is 33.4. The van der Waals surface area contributed by atoms with E-state index in [0.29, 0.717) is 40.1 Å². The number of nitrogens with zero attached hydrogens (tertiary/aromatic N) is 2. The Balaban J connectivity index is 1.37. The molecule has 2 N–H and O–H groups in total. The number of carbonyl (C=O) groups excluding carboxylic acids is 2. The molecule has 0 saturated heterocycles. The molecular formula is C32H31ClN4O6S2. The Kier molecular flexibility index (Phi) is 11.9. The summed E-state index contributed by atoms with van der Waals surface area (Å²) in [6.45, 7) is 1.59. The van der Waals surface area contributed by atoms with Crippen molar-refractivity contribution in [2.45, 2.75) is 16.7 Å². The smallest absolute Gasteiger partial charge is 0.264 e. The molecule has 0 bridgehead atoms. The zero-order valence-corrected chi connectivity index (χ0v) is 26.9. The van der Waals surface area contributed by atoms with E-state index in [1.807, 2.05) is 13.2 Å². The third kappa shape index (κ3) is 9.73. The summed E-state index contributed by atoms with van der Waals surface area (Å²) in [4.78, 5) is 26.0. The number of nitrogens with one attached hydrogen (secondary N) is 2. The maximum Gasteiger partial charge on any atom is 0.264 e. The summed E-state index contributed by atoms with van der Waals surface area (Å²) in [5.74, 6) is 0.0485. The van der Waals surface area contributed by atoms with E-state index >= 15 is 0 Å². The van der Waals surface area contributed by atoms with Gasteiger partial charge in [-0.1, -0.05) is 17.7 Å². The lowest BCUT2D eigenvalue weighted by Gasteiger charge is -2.24. The van der Waals surface area contributed by atoms with Gasteiger partial charge in [-0.05, 0) is 110 Å².